The summed E-state index contributed by atoms with van der Waals surface area (Å²) in [5, 5.41) is 1.45. The maximum absolute atomic E-state index is 12.8. The molecule has 4 heteroatoms. The Labute approximate surface area is 138 Å². The SMILES string of the molecule is O=S1(=O)C=C(CC2CCCCC2)OC(c2ccccc2)C12CC2. The van der Waals surface area contributed by atoms with Crippen LogP contribution in [-0.2, 0) is 14.6 Å². The van der Waals surface area contributed by atoms with E-state index < -0.39 is 14.6 Å². The molecule has 124 valence electrons. The summed E-state index contributed by atoms with van der Waals surface area (Å²) in [6.07, 6.45) is 8.09. The van der Waals surface area contributed by atoms with Crippen LogP contribution in [0.5, 0.6) is 0 Å². The highest BCUT2D eigenvalue weighted by Crippen LogP contribution is 2.58. The third kappa shape index (κ3) is 2.71. The maximum atomic E-state index is 12.8. The van der Waals surface area contributed by atoms with Crippen molar-refractivity contribution in [3.05, 3.63) is 47.1 Å². The second kappa shape index (κ2) is 5.66. The van der Waals surface area contributed by atoms with Crippen molar-refractivity contribution in [2.24, 2.45) is 5.92 Å². The van der Waals surface area contributed by atoms with E-state index >= 15 is 0 Å². The van der Waals surface area contributed by atoms with Gasteiger partial charge in [-0.1, -0.05) is 62.4 Å². The molecule has 1 heterocycles. The summed E-state index contributed by atoms with van der Waals surface area (Å²) in [7, 11) is -3.23. The van der Waals surface area contributed by atoms with Crippen LogP contribution in [0, 0.1) is 5.92 Å². The molecule has 0 aromatic heterocycles. The molecule has 0 bridgehead atoms. The molecule has 1 unspecified atom stereocenters. The van der Waals surface area contributed by atoms with E-state index in [2.05, 4.69) is 0 Å². The third-order valence-electron chi connectivity index (χ3n) is 5.66. The number of ether oxygens (including phenoxy) is 1. The molecule has 2 saturated carbocycles. The van der Waals surface area contributed by atoms with Gasteiger partial charge in [0.05, 0.1) is 5.41 Å². The molecular weight excluding hydrogens is 308 g/mol. The van der Waals surface area contributed by atoms with Gasteiger partial charge in [0, 0.05) is 6.42 Å². The fourth-order valence-corrected chi connectivity index (χ4v) is 6.05. The number of sulfone groups is 1. The van der Waals surface area contributed by atoms with Crippen molar-refractivity contribution in [2.75, 3.05) is 0 Å². The van der Waals surface area contributed by atoms with Crippen LogP contribution in [0.25, 0.3) is 0 Å². The van der Waals surface area contributed by atoms with E-state index in [4.69, 9.17) is 4.74 Å². The van der Waals surface area contributed by atoms with Gasteiger partial charge in [-0.25, -0.2) is 8.42 Å². The Morgan fingerprint density at radius 1 is 1.04 bits per heavy atom. The van der Waals surface area contributed by atoms with Gasteiger partial charge < -0.3 is 4.74 Å². The van der Waals surface area contributed by atoms with Crippen molar-refractivity contribution < 1.29 is 13.2 Å². The van der Waals surface area contributed by atoms with Crippen LogP contribution in [0.4, 0.5) is 0 Å². The van der Waals surface area contributed by atoms with E-state index in [1.54, 1.807) is 0 Å². The van der Waals surface area contributed by atoms with Gasteiger partial charge in [-0.15, -0.1) is 0 Å². The molecule has 0 amide bonds. The van der Waals surface area contributed by atoms with Crippen molar-refractivity contribution in [3.8, 4) is 0 Å². The highest BCUT2D eigenvalue weighted by atomic mass is 32.2. The lowest BCUT2D eigenvalue weighted by Gasteiger charge is -2.34. The fourth-order valence-electron chi connectivity index (χ4n) is 4.17. The van der Waals surface area contributed by atoms with Crippen LogP contribution in [0.3, 0.4) is 0 Å². The average Bonchev–Trinajstić information content (AvgIpc) is 3.35. The third-order valence-corrected chi connectivity index (χ3v) is 7.99. The highest BCUT2D eigenvalue weighted by Gasteiger charge is 2.62. The van der Waals surface area contributed by atoms with E-state index in [1.807, 2.05) is 30.3 Å². The second-order valence-corrected chi connectivity index (χ2v) is 9.45. The maximum Gasteiger partial charge on any atom is 0.184 e. The predicted octanol–water partition coefficient (Wildman–Crippen LogP) is 4.52. The summed E-state index contributed by atoms with van der Waals surface area (Å²) < 4.78 is 31.3. The van der Waals surface area contributed by atoms with Gasteiger partial charge in [0.25, 0.3) is 0 Å². The Bertz CT molecular complexity index is 695. The van der Waals surface area contributed by atoms with Gasteiger partial charge in [0.2, 0.25) is 0 Å². The monoisotopic (exact) mass is 332 g/mol. The number of rotatable bonds is 3. The first-order chi connectivity index (χ1) is 11.1. The number of hydrogen-bond donors (Lipinski definition) is 0. The lowest BCUT2D eigenvalue weighted by Crippen LogP contribution is -2.35. The van der Waals surface area contributed by atoms with E-state index in [1.165, 1.54) is 37.5 Å². The molecule has 1 spiro atoms. The van der Waals surface area contributed by atoms with Crippen molar-refractivity contribution in [1.29, 1.82) is 0 Å². The zero-order valence-corrected chi connectivity index (χ0v) is 14.2. The first-order valence-corrected chi connectivity index (χ1v) is 10.3. The molecule has 1 aliphatic heterocycles. The van der Waals surface area contributed by atoms with E-state index in [0.717, 1.165) is 12.0 Å². The minimum absolute atomic E-state index is 0.336. The van der Waals surface area contributed by atoms with Gasteiger partial charge in [-0.05, 0) is 24.3 Å². The van der Waals surface area contributed by atoms with Crippen LogP contribution in [0.2, 0.25) is 0 Å². The van der Waals surface area contributed by atoms with E-state index in [9.17, 15) is 8.42 Å². The van der Waals surface area contributed by atoms with E-state index in [-0.39, 0.29) is 6.10 Å². The molecule has 1 aromatic rings. The molecule has 3 aliphatic rings. The lowest BCUT2D eigenvalue weighted by atomic mass is 9.86. The van der Waals surface area contributed by atoms with Crippen molar-refractivity contribution >= 4 is 9.84 Å². The van der Waals surface area contributed by atoms with Gasteiger partial charge in [0.15, 0.2) is 9.84 Å². The van der Waals surface area contributed by atoms with Crippen LogP contribution >= 0.6 is 0 Å². The fraction of sp³-hybridized carbons (Fsp3) is 0.579. The normalized spacial score (nSPS) is 28.9. The predicted molar refractivity (Wildman–Crippen MR) is 90.4 cm³/mol. The summed E-state index contributed by atoms with van der Waals surface area (Å²) >= 11 is 0. The Hall–Kier alpha value is -1.29. The smallest absolute Gasteiger partial charge is 0.184 e. The summed E-state index contributed by atoms with van der Waals surface area (Å²) in [6, 6.07) is 9.85. The quantitative estimate of drug-likeness (QED) is 0.817. The topological polar surface area (TPSA) is 43.4 Å². The molecule has 1 aromatic carbocycles. The summed E-state index contributed by atoms with van der Waals surface area (Å²) in [5.74, 6) is 1.26. The van der Waals surface area contributed by atoms with Crippen LogP contribution in [0.15, 0.2) is 41.5 Å². The molecule has 23 heavy (non-hydrogen) atoms. The number of allylic oxidation sites excluding steroid dienone is 1. The average molecular weight is 332 g/mol. The molecule has 2 aliphatic carbocycles. The standard InChI is InChI=1S/C19H24O3S/c20-23(21)14-17(13-15-7-3-1-4-8-15)22-18(19(23)11-12-19)16-9-5-2-6-10-16/h2,5-6,9-10,14-15,18H,1,3-4,7-8,11-13H2. The Balaban J connectivity index is 1.63. The molecular formula is C19H24O3S. The molecule has 0 N–H and O–H groups in total. The van der Waals surface area contributed by atoms with Gasteiger partial charge >= 0.3 is 0 Å². The summed E-state index contributed by atoms with van der Waals surface area (Å²) in [5.41, 5.74) is 0.989. The molecule has 0 saturated heterocycles. The zero-order valence-electron chi connectivity index (χ0n) is 13.4. The Morgan fingerprint density at radius 2 is 1.74 bits per heavy atom. The molecule has 4 rings (SSSR count). The minimum Gasteiger partial charge on any atom is -0.488 e. The van der Waals surface area contributed by atoms with Crippen molar-refractivity contribution in [2.45, 2.75) is 62.2 Å². The Kier molecular flexibility index (Phi) is 3.75. The van der Waals surface area contributed by atoms with Crippen LogP contribution in [0.1, 0.15) is 63.0 Å². The molecule has 1 atom stereocenters. The summed E-state index contributed by atoms with van der Waals surface area (Å²) in [4.78, 5) is 0. The largest absolute Gasteiger partial charge is 0.488 e. The highest BCUT2D eigenvalue weighted by molar-refractivity contribution is 7.96. The lowest BCUT2D eigenvalue weighted by molar-refractivity contribution is 0.0861. The number of hydrogen-bond acceptors (Lipinski definition) is 3. The van der Waals surface area contributed by atoms with Crippen LogP contribution in [-0.4, -0.2) is 13.2 Å². The molecule has 2 fully saturated rings. The van der Waals surface area contributed by atoms with Crippen molar-refractivity contribution in [3.63, 3.8) is 0 Å². The molecule has 0 radical (unpaired) electrons. The van der Waals surface area contributed by atoms with Gasteiger partial charge in [-0.3, -0.25) is 0 Å². The first-order valence-electron chi connectivity index (χ1n) is 8.78. The van der Waals surface area contributed by atoms with Gasteiger partial charge in [0.1, 0.15) is 16.6 Å². The second-order valence-electron chi connectivity index (χ2n) is 7.31. The van der Waals surface area contributed by atoms with E-state index in [0.29, 0.717) is 24.5 Å². The first kappa shape index (κ1) is 15.3. The molecule has 3 nitrogen and oxygen atoms in total. The van der Waals surface area contributed by atoms with Crippen molar-refractivity contribution in [1.82, 2.24) is 0 Å². The minimum atomic E-state index is -3.23. The number of benzene rings is 1. The van der Waals surface area contributed by atoms with Gasteiger partial charge in [-0.2, -0.15) is 0 Å². The zero-order chi connectivity index (χ0) is 15.9. The van der Waals surface area contributed by atoms with Crippen LogP contribution < -0.4 is 0 Å². The Morgan fingerprint density at radius 3 is 2.39 bits per heavy atom. The summed E-state index contributed by atoms with van der Waals surface area (Å²) in [6.45, 7) is 0.